The molecule has 1 aromatic rings. The highest BCUT2D eigenvalue weighted by molar-refractivity contribution is 6.31. The first-order valence-electron chi connectivity index (χ1n) is 3.81. The van der Waals surface area contributed by atoms with Crippen LogP contribution in [0.3, 0.4) is 0 Å². The number of benzene rings is 1. The van der Waals surface area contributed by atoms with Gasteiger partial charge in [0.2, 0.25) is 5.91 Å². The summed E-state index contributed by atoms with van der Waals surface area (Å²) in [5, 5.41) is 3.50. The van der Waals surface area contributed by atoms with E-state index in [0.29, 0.717) is 6.42 Å². The molecular formula is C9H8ClNO. The Kier molecular flexibility index (Phi) is 1.77. The molecule has 1 aliphatic rings. The standard InChI is InChI=1S/C9H8ClNO/c10-7-4-2-1-3-6(7)8-5-9(12)11-8/h1-4,8H,5H2,(H,11,12)/t8-/m0/s1. The summed E-state index contributed by atoms with van der Waals surface area (Å²) < 4.78 is 0. The minimum Gasteiger partial charge on any atom is -0.349 e. The third-order valence-corrected chi connectivity index (χ3v) is 2.35. The molecule has 1 heterocycles. The molecule has 2 rings (SSSR count). The highest BCUT2D eigenvalue weighted by Gasteiger charge is 2.27. The molecule has 62 valence electrons. The molecule has 1 saturated heterocycles. The molecular weight excluding hydrogens is 174 g/mol. The fourth-order valence-electron chi connectivity index (χ4n) is 1.30. The number of nitrogens with one attached hydrogen (secondary N) is 1. The number of carbonyl (C=O) groups excluding carboxylic acids is 1. The molecule has 12 heavy (non-hydrogen) atoms. The van der Waals surface area contributed by atoms with Gasteiger partial charge in [0, 0.05) is 5.02 Å². The third kappa shape index (κ3) is 1.18. The fourth-order valence-corrected chi connectivity index (χ4v) is 1.57. The summed E-state index contributed by atoms with van der Waals surface area (Å²) in [6, 6.07) is 7.71. The molecule has 0 unspecified atom stereocenters. The van der Waals surface area contributed by atoms with E-state index in [-0.39, 0.29) is 11.9 Å². The molecule has 1 aliphatic heterocycles. The zero-order valence-corrected chi connectivity index (χ0v) is 7.14. The van der Waals surface area contributed by atoms with Gasteiger partial charge in [0.05, 0.1) is 12.5 Å². The summed E-state index contributed by atoms with van der Waals surface area (Å²) in [6.45, 7) is 0. The Labute approximate surface area is 75.5 Å². The molecule has 2 nitrogen and oxygen atoms in total. The van der Waals surface area contributed by atoms with E-state index in [9.17, 15) is 4.79 Å². The maximum absolute atomic E-state index is 10.6. The van der Waals surface area contributed by atoms with Crippen molar-refractivity contribution >= 4 is 17.5 Å². The number of rotatable bonds is 1. The Morgan fingerprint density at radius 3 is 2.67 bits per heavy atom. The number of amides is 1. The zero-order chi connectivity index (χ0) is 8.55. The maximum atomic E-state index is 10.6. The topological polar surface area (TPSA) is 29.1 Å². The molecule has 0 aromatic heterocycles. The van der Waals surface area contributed by atoms with Crippen LogP contribution in [0.5, 0.6) is 0 Å². The van der Waals surface area contributed by atoms with E-state index >= 15 is 0 Å². The van der Waals surface area contributed by atoms with Gasteiger partial charge >= 0.3 is 0 Å². The summed E-state index contributed by atoms with van der Waals surface area (Å²) in [7, 11) is 0. The van der Waals surface area contributed by atoms with Gasteiger partial charge in [-0.1, -0.05) is 29.8 Å². The summed E-state index contributed by atoms with van der Waals surface area (Å²) in [4.78, 5) is 10.6. The lowest BCUT2D eigenvalue weighted by atomic mass is 9.97. The van der Waals surface area contributed by atoms with E-state index in [1.165, 1.54) is 0 Å². The van der Waals surface area contributed by atoms with Crippen molar-refractivity contribution in [3.8, 4) is 0 Å². The largest absolute Gasteiger partial charge is 0.349 e. The van der Waals surface area contributed by atoms with Gasteiger partial charge in [0.25, 0.3) is 0 Å². The van der Waals surface area contributed by atoms with Crippen LogP contribution in [0.15, 0.2) is 24.3 Å². The predicted octanol–water partition coefficient (Wildman–Crippen LogP) is 1.90. The van der Waals surface area contributed by atoms with Crippen LogP contribution in [-0.4, -0.2) is 5.91 Å². The van der Waals surface area contributed by atoms with Crippen LogP contribution in [-0.2, 0) is 4.79 Å². The van der Waals surface area contributed by atoms with E-state index < -0.39 is 0 Å². The van der Waals surface area contributed by atoms with Crippen LogP contribution in [0.2, 0.25) is 5.02 Å². The Morgan fingerprint density at radius 1 is 1.42 bits per heavy atom. The average molecular weight is 182 g/mol. The van der Waals surface area contributed by atoms with Crippen molar-refractivity contribution in [2.45, 2.75) is 12.5 Å². The number of hydrogen-bond donors (Lipinski definition) is 1. The van der Waals surface area contributed by atoms with Crippen LogP contribution in [0.25, 0.3) is 0 Å². The lowest BCUT2D eigenvalue weighted by molar-refractivity contribution is -0.128. The van der Waals surface area contributed by atoms with Gasteiger partial charge in [0.1, 0.15) is 0 Å². The second-order valence-corrected chi connectivity index (χ2v) is 3.25. The molecule has 0 bridgehead atoms. The van der Waals surface area contributed by atoms with Gasteiger partial charge in [-0.3, -0.25) is 4.79 Å². The highest BCUT2D eigenvalue weighted by Crippen LogP contribution is 2.29. The molecule has 1 fully saturated rings. The minimum atomic E-state index is 0.0971. The predicted molar refractivity (Wildman–Crippen MR) is 47.0 cm³/mol. The van der Waals surface area contributed by atoms with E-state index in [0.717, 1.165) is 10.6 Å². The van der Waals surface area contributed by atoms with Gasteiger partial charge in [0.15, 0.2) is 0 Å². The van der Waals surface area contributed by atoms with Crippen molar-refractivity contribution in [3.63, 3.8) is 0 Å². The molecule has 1 atom stereocenters. The monoisotopic (exact) mass is 181 g/mol. The normalized spacial score (nSPS) is 21.4. The van der Waals surface area contributed by atoms with Gasteiger partial charge in [-0.25, -0.2) is 0 Å². The number of hydrogen-bond acceptors (Lipinski definition) is 1. The molecule has 1 N–H and O–H groups in total. The van der Waals surface area contributed by atoms with Gasteiger partial charge in [-0.05, 0) is 11.6 Å². The molecule has 0 radical (unpaired) electrons. The Hall–Kier alpha value is -1.02. The van der Waals surface area contributed by atoms with Gasteiger partial charge in [-0.15, -0.1) is 0 Å². The number of β-lactam (4-membered cyclic amide) rings is 1. The van der Waals surface area contributed by atoms with Gasteiger partial charge < -0.3 is 5.32 Å². The van der Waals surface area contributed by atoms with Crippen molar-refractivity contribution in [1.82, 2.24) is 5.32 Å². The first-order chi connectivity index (χ1) is 5.77. The molecule has 0 saturated carbocycles. The van der Waals surface area contributed by atoms with E-state index in [4.69, 9.17) is 11.6 Å². The first-order valence-corrected chi connectivity index (χ1v) is 4.19. The summed E-state index contributed by atoms with van der Waals surface area (Å²) in [6.07, 6.45) is 0.559. The van der Waals surface area contributed by atoms with Crippen molar-refractivity contribution in [2.24, 2.45) is 0 Å². The van der Waals surface area contributed by atoms with Crippen LogP contribution in [0, 0.1) is 0 Å². The van der Waals surface area contributed by atoms with Crippen molar-refractivity contribution in [1.29, 1.82) is 0 Å². The maximum Gasteiger partial charge on any atom is 0.222 e. The SMILES string of the molecule is O=C1C[C@@H](c2ccccc2Cl)N1. The summed E-state index contributed by atoms with van der Waals surface area (Å²) in [5.41, 5.74) is 1.01. The van der Waals surface area contributed by atoms with Crippen molar-refractivity contribution in [2.75, 3.05) is 0 Å². The van der Waals surface area contributed by atoms with Gasteiger partial charge in [-0.2, -0.15) is 0 Å². The second kappa shape index (κ2) is 2.79. The Bertz CT molecular complexity index is 316. The van der Waals surface area contributed by atoms with E-state index in [1.54, 1.807) is 0 Å². The first kappa shape index (κ1) is 7.62. The lowest BCUT2D eigenvalue weighted by Gasteiger charge is -2.27. The summed E-state index contributed by atoms with van der Waals surface area (Å²) in [5.74, 6) is 0.0971. The fraction of sp³-hybridized carbons (Fsp3) is 0.222. The minimum absolute atomic E-state index is 0.0971. The van der Waals surface area contributed by atoms with E-state index in [1.807, 2.05) is 24.3 Å². The molecule has 0 spiro atoms. The molecule has 1 amide bonds. The Morgan fingerprint density at radius 2 is 2.08 bits per heavy atom. The third-order valence-electron chi connectivity index (χ3n) is 2.01. The van der Waals surface area contributed by atoms with Crippen molar-refractivity contribution < 1.29 is 4.79 Å². The van der Waals surface area contributed by atoms with Crippen LogP contribution in [0.1, 0.15) is 18.0 Å². The molecule has 0 aliphatic carbocycles. The highest BCUT2D eigenvalue weighted by atomic mass is 35.5. The van der Waals surface area contributed by atoms with Crippen LogP contribution in [0.4, 0.5) is 0 Å². The van der Waals surface area contributed by atoms with E-state index in [2.05, 4.69) is 5.32 Å². The quantitative estimate of drug-likeness (QED) is 0.659. The zero-order valence-electron chi connectivity index (χ0n) is 6.38. The summed E-state index contributed by atoms with van der Waals surface area (Å²) >= 11 is 5.93. The second-order valence-electron chi connectivity index (χ2n) is 2.85. The Balaban J connectivity index is 2.23. The van der Waals surface area contributed by atoms with Crippen LogP contribution < -0.4 is 5.32 Å². The number of halogens is 1. The smallest absolute Gasteiger partial charge is 0.222 e. The molecule has 3 heteroatoms. The average Bonchev–Trinajstić information content (AvgIpc) is 2.01. The molecule has 1 aromatic carbocycles. The number of carbonyl (C=O) groups is 1. The lowest BCUT2D eigenvalue weighted by Crippen LogP contribution is -2.41. The van der Waals surface area contributed by atoms with Crippen molar-refractivity contribution in [3.05, 3.63) is 34.9 Å². The van der Waals surface area contributed by atoms with Crippen LogP contribution >= 0.6 is 11.6 Å².